The monoisotopic (exact) mass is 384 g/mol. The van der Waals surface area contributed by atoms with Crippen LogP contribution in [0.15, 0.2) is 18.2 Å². The van der Waals surface area contributed by atoms with Crippen LogP contribution in [0.2, 0.25) is 0 Å². The van der Waals surface area contributed by atoms with Crippen molar-refractivity contribution in [1.82, 2.24) is 9.78 Å². The number of rotatable bonds is 3. The number of hydrogen-bond acceptors (Lipinski definition) is 3. The van der Waals surface area contributed by atoms with Gasteiger partial charge in [0, 0.05) is 37.1 Å². The lowest BCUT2D eigenvalue weighted by Gasteiger charge is -2.30. The second-order valence-electron chi connectivity index (χ2n) is 6.27. The van der Waals surface area contributed by atoms with Crippen molar-refractivity contribution in [3.8, 4) is 0 Å². The zero-order valence-corrected chi connectivity index (χ0v) is 16.5. The Hall–Kier alpha value is -1.72. The van der Waals surface area contributed by atoms with E-state index in [0.717, 1.165) is 54.1 Å². The highest BCUT2D eigenvalue weighted by molar-refractivity contribution is 5.95. The molecule has 0 fully saturated rings. The SMILES string of the molecule is Cc1nn(C)c(C)c1CCC(=O)N1CCCc2c(N)cccc21.Cl.Cl. The predicted octanol–water partition coefficient (Wildman–Crippen LogP) is 3.37. The van der Waals surface area contributed by atoms with Crippen molar-refractivity contribution >= 4 is 42.1 Å². The second kappa shape index (κ2) is 8.59. The molecule has 5 nitrogen and oxygen atoms in total. The average molecular weight is 385 g/mol. The minimum absolute atomic E-state index is 0. The number of amides is 1. The summed E-state index contributed by atoms with van der Waals surface area (Å²) >= 11 is 0. The summed E-state index contributed by atoms with van der Waals surface area (Å²) in [7, 11) is 1.94. The molecule has 1 aromatic heterocycles. The van der Waals surface area contributed by atoms with E-state index in [0.29, 0.717) is 6.42 Å². The van der Waals surface area contributed by atoms with Crippen LogP contribution in [0.4, 0.5) is 11.4 Å². The molecular weight excluding hydrogens is 359 g/mol. The molecule has 0 saturated heterocycles. The Balaban J connectivity index is 0.00000156. The minimum atomic E-state index is 0. The maximum absolute atomic E-state index is 12.7. The lowest BCUT2D eigenvalue weighted by Crippen LogP contribution is -2.35. The van der Waals surface area contributed by atoms with E-state index in [-0.39, 0.29) is 30.7 Å². The van der Waals surface area contributed by atoms with Crippen LogP contribution in [0.1, 0.15) is 35.4 Å². The van der Waals surface area contributed by atoms with Gasteiger partial charge < -0.3 is 10.6 Å². The number of nitrogens with zero attached hydrogens (tertiary/aromatic N) is 3. The number of fused-ring (bicyclic) bond motifs is 1. The molecule has 0 aliphatic carbocycles. The largest absolute Gasteiger partial charge is 0.398 e. The number of hydrogen-bond donors (Lipinski definition) is 1. The lowest BCUT2D eigenvalue weighted by atomic mass is 9.99. The van der Waals surface area contributed by atoms with E-state index in [4.69, 9.17) is 5.73 Å². The molecule has 0 atom stereocenters. The lowest BCUT2D eigenvalue weighted by molar-refractivity contribution is -0.118. The van der Waals surface area contributed by atoms with Crippen LogP contribution < -0.4 is 10.6 Å². The van der Waals surface area contributed by atoms with Gasteiger partial charge in [-0.05, 0) is 56.4 Å². The van der Waals surface area contributed by atoms with E-state index in [2.05, 4.69) is 12.0 Å². The zero-order chi connectivity index (χ0) is 16.6. The first kappa shape index (κ1) is 21.3. The molecule has 138 valence electrons. The molecule has 25 heavy (non-hydrogen) atoms. The summed E-state index contributed by atoms with van der Waals surface area (Å²) in [4.78, 5) is 14.6. The first-order valence-corrected chi connectivity index (χ1v) is 8.16. The van der Waals surface area contributed by atoms with Crippen molar-refractivity contribution in [2.24, 2.45) is 7.05 Å². The number of nitrogen functional groups attached to an aromatic ring is 1. The Labute approximate surface area is 161 Å². The van der Waals surface area contributed by atoms with Gasteiger partial charge in [-0.3, -0.25) is 9.48 Å². The van der Waals surface area contributed by atoms with Gasteiger partial charge in [-0.15, -0.1) is 24.8 Å². The van der Waals surface area contributed by atoms with Crippen LogP contribution in [0.5, 0.6) is 0 Å². The molecule has 1 aromatic carbocycles. The Kier molecular flexibility index (Phi) is 7.32. The van der Waals surface area contributed by atoms with E-state index < -0.39 is 0 Å². The normalized spacial score (nSPS) is 12.8. The molecule has 1 amide bonds. The van der Waals surface area contributed by atoms with Crippen molar-refractivity contribution in [2.45, 2.75) is 39.5 Å². The van der Waals surface area contributed by atoms with Gasteiger partial charge in [-0.1, -0.05) is 6.07 Å². The number of benzene rings is 1. The Morgan fingerprint density at radius 2 is 2.00 bits per heavy atom. The molecule has 0 unspecified atom stereocenters. The highest BCUT2D eigenvalue weighted by Gasteiger charge is 2.24. The Morgan fingerprint density at radius 3 is 2.64 bits per heavy atom. The smallest absolute Gasteiger partial charge is 0.227 e. The van der Waals surface area contributed by atoms with Crippen molar-refractivity contribution in [1.29, 1.82) is 0 Å². The van der Waals surface area contributed by atoms with E-state index in [9.17, 15) is 4.79 Å². The van der Waals surface area contributed by atoms with Crippen molar-refractivity contribution in [3.05, 3.63) is 40.7 Å². The quantitative estimate of drug-likeness (QED) is 0.824. The summed E-state index contributed by atoms with van der Waals surface area (Å²) in [6.45, 7) is 4.83. The first-order valence-electron chi connectivity index (χ1n) is 8.16. The third-order valence-electron chi connectivity index (χ3n) is 4.84. The van der Waals surface area contributed by atoms with E-state index in [1.165, 1.54) is 5.56 Å². The third-order valence-corrected chi connectivity index (χ3v) is 4.84. The summed E-state index contributed by atoms with van der Waals surface area (Å²) in [5, 5.41) is 4.42. The molecular formula is C18H26Cl2N4O. The molecule has 0 spiro atoms. The number of carbonyl (C=O) groups excluding carboxylic acids is 1. The molecule has 2 N–H and O–H groups in total. The van der Waals surface area contributed by atoms with E-state index in [1.54, 1.807) is 0 Å². The molecule has 0 bridgehead atoms. The van der Waals surface area contributed by atoms with Gasteiger partial charge in [0.1, 0.15) is 0 Å². The highest BCUT2D eigenvalue weighted by atomic mass is 35.5. The third kappa shape index (κ3) is 4.10. The van der Waals surface area contributed by atoms with Crippen LogP contribution in [-0.2, 0) is 24.7 Å². The maximum Gasteiger partial charge on any atom is 0.227 e. The standard InChI is InChI=1S/C18H24N4O.2ClH/c1-12-14(13(2)21(3)20-12)9-10-18(23)22-11-5-6-15-16(19)7-4-8-17(15)22;;/h4,7-8H,5-6,9-11,19H2,1-3H3;2*1H. The molecule has 1 aliphatic rings. The van der Waals surface area contributed by atoms with Crippen LogP contribution in [0, 0.1) is 13.8 Å². The molecule has 7 heteroatoms. The van der Waals surface area contributed by atoms with Crippen molar-refractivity contribution < 1.29 is 4.79 Å². The molecule has 0 saturated carbocycles. The zero-order valence-electron chi connectivity index (χ0n) is 14.9. The fourth-order valence-corrected chi connectivity index (χ4v) is 3.46. The van der Waals surface area contributed by atoms with E-state index in [1.807, 2.05) is 41.8 Å². The number of halogens is 2. The number of aryl methyl sites for hydroxylation is 2. The van der Waals surface area contributed by atoms with Gasteiger partial charge >= 0.3 is 0 Å². The number of aromatic nitrogens is 2. The number of anilines is 2. The molecule has 2 aromatic rings. The van der Waals surface area contributed by atoms with Crippen molar-refractivity contribution in [2.75, 3.05) is 17.2 Å². The topological polar surface area (TPSA) is 64.2 Å². The van der Waals surface area contributed by atoms with Gasteiger partial charge in [0.2, 0.25) is 5.91 Å². The van der Waals surface area contributed by atoms with Gasteiger partial charge in [0.05, 0.1) is 5.69 Å². The average Bonchev–Trinajstić information content (AvgIpc) is 2.78. The minimum Gasteiger partial charge on any atom is -0.398 e. The second-order valence-corrected chi connectivity index (χ2v) is 6.27. The predicted molar refractivity (Wildman–Crippen MR) is 107 cm³/mol. The molecule has 1 aliphatic heterocycles. The fraction of sp³-hybridized carbons (Fsp3) is 0.444. The maximum atomic E-state index is 12.7. The van der Waals surface area contributed by atoms with Crippen LogP contribution in [0.3, 0.4) is 0 Å². The number of carbonyl (C=O) groups is 1. The van der Waals surface area contributed by atoms with Crippen molar-refractivity contribution in [3.63, 3.8) is 0 Å². The van der Waals surface area contributed by atoms with Gasteiger partial charge in [0.25, 0.3) is 0 Å². The van der Waals surface area contributed by atoms with Crippen LogP contribution in [-0.4, -0.2) is 22.2 Å². The van der Waals surface area contributed by atoms with Crippen LogP contribution in [0.25, 0.3) is 0 Å². The highest BCUT2D eigenvalue weighted by Crippen LogP contribution is 2.31. The fourth-order valence-electron chi connectivity index (χ4n) is 3.46. The summed E-state index contributed by atoms with van der Waals surface area (Å²) in [5.74, 6) is 0.166. The first-order chi connectivity index (χ1) is 11.0. The summed E-state index contributed by atoms with van der Waals surface area (Å²) in [5.41, 5.74) is 12.3. The Bertz CT molecular complexity index is 758. The van der Waals surface area contributed by atoms with E-state index >= 15 is 0 Å². The summed E-state index contributed by atoms with van der Waals surface area (Å²) in [6, 6.07) is 5.84. The summed E-state index contributed by atoms with van der Waals surface area (Å²) in [6.07, 6.45) is 3.16. The molecule has 3 rings (SSSR count). The number of nitrogens with two attached hydrogens (primary N) is 1. The van der Waals surface area contributed by atoms with Gasteiger partial charge in [-0.2, -0.15) is 5.10 Å². The molecule has 2 heterocycles. The van der Waals surface area contributed by atoms with Gasteiger partial charge in [0.15, 0.2) is 0 Å². The Morgan fingerprint density at radius 1 is 1.28 bits per heavy atom. The van der Waals surface area contributed by atoms with Crippen LogP contribution >= 0.6 is 24.8 Å². The summed E-state index contributed by atoms with van der Waals surface area (Å²) < 4.78 is 1.88. The van der Waals surface area contributed by atoms with Gasteiger partial charge in [-0.25, -0.2) is 0 Å². The molecule has 0 radical (unpaired) electrons.